The molecule has 0 aromatic rings. The molecule has 0 aromatic heterocycles. The van der Waals surface area contributed by atoms with Crippen molar-refractivity contribution in [3.63, 3.8) is 0 Å². The average Bonchev–Trinajstić information content (AvgIpc) is 2.30. The van der Waals surface area contributed by atoms with E-state index in [1.807, 2.05) is 0 Å². The molecular formula is C11H20NO2S. The summed E-state index contributed by atoms with van der Waals surface area (Å²) >= 11 is 1.67. The van der Waals surface area contributed by atoms with Crippen molar-refractivity contribution in [2.45, 2.75) is 37.9 Å². The predicted molar refractivity (Wildman–Crippen MR) is 63.2 cm³/mol. The molecule has 87 valence electrons. The highest BCUT2D eigenvalue weighted by molar-refractivity contribution is 8.00. The van der Waals surface area contributed by atoms with Gasteiger partial charge in [-0.05, 0) is 6.42 Å². The van der Waals surface area contributed by atoms with E-state index < -0.39 is 0 Å². The highest BCUT2D eigenvalue weighted by Crippen LogP contribution is 2.15. The molecule has 1 saturated heterocycles. The fraction of sp³-hybridized carbons (Fsp3) is 0.909. The fourth-order valence-electron chi connectivity index (χ4n) is 1.46. The molecule has 1 unspecified atom stereocenters. The lowest BCUT2D eigenvalue weighted by atomic mass is 10.2. The molecule has 1 atom stereocenters. The number of hydrogen-bond donors (Lipinski definition) is 0. The Hall–Kier alpha value is -0.220. The maximum Gasteiger partial charge on any atom is 0.320 e. The van der Waals surface area contributed by atoms with E-state index in [4.69, 9.17) is 4.74 Å². The smallest absolute Gasteiger partial charge is 0.320 e. The molecule has 1 heterocycles. The molecule has 15 heavy (non-hydrogen) atoms. The van der Waals surface area contributed by atoms with Gasteiger partial charge in [0.2, 0.25) is 0 Å². The zero-order valence-corrected chi connectivity index (χ0v) is 10.2. The summed E-state index contributed by atoms with van der Waals surface area (Å²) in [5.41, 5.74) is 0. The zero-order chi connectivity index (χ0) is 10.9. The first kappa shape index (κ1) is 12.8. The van der Waals surface area contributed by atoms with E-state index in [0.717, 1.165) is 25.1 Å². The van der Waals surface area contributed by atoms with Crippen LogP contribution in [0.2, 0.25) is 0 Å². The number of ether oxygens (including phenoxy) is 1. The molecule has 1 aliphatic rings. The standard InChI is InChI=1S/C11H20NO2S/c1-2-3-4-5-7-14-11(13)10-9-12-6-8-15-10/h10H,2-9H2,1H3. The normalized spacial score (nSPS) is 21.3. The SMILES string of the molecule is CCCCCCOC(=O)C1C[N]CCS1. The van der Waals surface area contributed by atoms with Crippen LogP contribution in [0.5, 0.6) is 0 Å². The number of nitrogens with zero attached hydrogens (tertiary/aromatic N) is 1. The molecule has 3 nitrogen and oxygen atoms in total. The van der Waals surface area contributed by atoms with Gasteiger partial charge >= 0.3 is 5.97 Å². The van der Waals surface area contributed by atoms with Gasteiger partial charge in [-0.15, -0.1) is 11.8 Å². The van der Waals surface area contributed by atoms with E-state index in [-0.39, 0.29) is 11.2 Å². The second-order valence-corrected chi connectivity index (χ2v) is 5.03. The van der Waals surface area contributed by atoms with Gasteiger partial charge in [0.15, 0.2) is 0 Å². The van der Waals surface area contributed by atoms with Crippen molar-refractivity contribution in [1.29, 1.82) is 0 Å². The van der Waals surface area contributed by atoms with Crippen LogP contribution in [0.3, 0.4) is 0 Å². The number of thioether (sulfide) groups is 1. The molecule has 1 radical (unpaired) electrons. The van der Waals surface area contributed by atoms with Crippen LogP contribution in [0, 0.1) is 0 Å². The Labute approximate surface area is 96.3 Å². The minimum Gasteiger partial charge on any atom is -0.465 e. The van der Waals surface area contributed by atoms with Crippen molar-refractivity contribution in [3.8, 4) is 0 Å². The Kier molecular flexibility index (Phi) is 6.85. The second kappa shape index (κ2) is 7.99. The first-order valence-corrected chi connectivity index (χ1v) is 6.81. The van der Waals surface area contributed by atoms with Gasteiger partial charge in [0.05, 0.1) is 6.61 Å². The van der Waals surface area contributed by atoms with E-state index in [1.165, 1.54) is 12.8 Å². The Morgan fingerprint density at radius 2 is 2.33 bits per heavy atom. The largest absolute Gasteiger partial charge is 0.465 e. The Bertz CT molecular complexity index is 181. The van der Waals surface area contributed by atoms with Crippen molar-refractivity contribution in [2.24, 2.45) is 0 Å². The minimum absolute atomic E-state index is 0.0371. The Morgan fingerprint density at radius 3 is 3.00 bits per heavy atom. The molecule has 0 amide bonds. The average molecular weight is 230 g/mol. The lowest BCUT2D eigenvalue weighted by molar-refractivity contribution is -0.143. The van der Waals surface area contributed by atoms with E-state index in [0.29, 0.717) is 13.2 Å². The first-order chi connectivity index (χ1) is 7.34. The number of hydrogen-bond acceptors (Lipinski definition) is 3. The molecule has 0 aliphatic carbocycles. The molecule has 0 bridgehead atoms. The summed E-state index contributed by atoms with van der Waals surface area (Å²) in [6.07, 6.45) is 4.59. The number of carbonyl (C=O) groups excluding carboxylic acids is 1. The number of rotatable bonds is 6. The van der Waals surface area contributed by atoms with Gasteiger partial charge < -0.3 is 4.74 Å². The maximum atomic E-state index is 11.5. The molecule has 1 fully saturated rings. The Balaban J connectivity index is 2.02. The van der Waals surface area contributed by atoms with Crippen molar-refractivity contribution >= 4 is 17.7 Å². The van der Waals surface area contributed by atoms with Crippen LogP contribution in [0.15, 0.2) is 0 Å². The number of carbonyl (C=O) groups is 1. The van der Waals surface area contributed by atoms with Crippen molar-refractivity contribution < 1.29 is 9.53 Å². The summed E-state index contributed by atoms with van der Waals surface area (Å²) in [5.74, 6) is 0.884. The van der Waals surface area contributed by atoms with Gasteiger partial charge in [0, 0.05) is 18.8 Å². The molecule has 0 aromatic carbocycles. The van der Waals surface area contributed by atoms with E-state index in [1.54, 1.807) is 11.8 Å². The van der Waals surface area contributed by atoms with E-state index in [9.17, 15) is 4.79 Å². The van der Waals surface area contributed by atoms with Gasteiger partial charge in [-0.25, -0.2) is 5.32 Å². The highest BCUT2D eigenvalue weighted by Gasteiger charge is 2.23. The van der Waals surface area contributed by atoms with E-state index in [2.05, 4.69) is 12.2 Å². The van der Waals surface area contributed by atoms with Crippen molar-refractivity contribution in [3.05, 3.63) is 0 Å². The molecule has 0 spiro atoms. The third kappa shape index (κ3) is 5.42. The summed E-state index contributed by atoms with van der Waals surface area (Å²) < 4.78 is 5.21. The first-order valence-electron chi connectivity index (χ1n) is 5.76. The van der Waals surface area contributed by atoms with Gasteiger partial charge in [-0.1, -0.05) is 26.2 Å². The molecular weight excluding hydrogens is 210 g/mol. The summed E-state index contributed by atoms with van der Waals surface area (Å²) in [6, 6.07) is 0. The molecule has 0 N–H and O–H groups in total. The molecule has 0 saturated carbocycles. The van der Waals surface area contributed by atoms with Crippen LogP contribution < -0.4 is 5.32 Å². The maximum absolute atomic E-state index is 11.5. The zero-order valence-electron chi connectivity index (χ0n) is 9.41. The summed E-state index contributed by atoms with van der Waals surface area (Å²) in [7, 11) is 0. The number of esters is 1. The third-order valence-corrected chi connectivity index (χ3v) is 3.53. The van der Waals surface area contributed by atoms with Gasteiger partial charge in [0.25, 0.3) is 0 Å². The van der Waals surface area contributed by atoms with Crippen molar-refractivity contribution in [1.82, 2.24) is 5.32 Å². The molecule has 1 aliphatic heterocycles. The topological polar surface area (TPSA) is 40.4 Å². The fourth-order valence-corrected chi connectivity index (χ4v) is 2.39. The summed E-state index contributed by atoms with van der Waals surface area (Å²) in [4.78, 5) is 11.5. The Morgan fingerprint density at radius 1 is 1.47 bits per heavy atom. The minimum atomic E-state index is -0.0695. The van der Waals surface area contributed by atoms with Crippen LogP contribution in [0.4, 0.5) is 0 Å². The van der Waals surface area contributed by atoms with Crippen LogP contribution in [0.25, 0.3) is 0 Å². The lowest BCUT2D eigenvalue weighted by Crippen LogP contribution is -2.34. The van der Waals surface area contributed by atoms with Gasteiger partial charge in [0.1, 0.15) is 5.25 Å². The quantitative estimate of drug-likeness (QED) is 0.516. The van der Waals surface area contributed by atoms with Crippen LogP contribution >= 0.6 is 11.8 Å². The van der Waals surface area contributed by atoms with Gasteiger partial charge in [-0.2, -0.15) is 0 Å². The third-order valence-electron chi connectivity index (χ3n) is 2.37. The van der Waals surface area contributed by atoms with Crippen LogP contribution in [-0.2, 0) is 9.53 Å². The number of unbranched alkanes of at least 4 members (excludes halogenated alkanes) is 3. The summed E-state index contributed by atoms with van der Waals surface area (Å²) in [5, 5.41) is 4.18. The van der Waals surface area contributed by atoms with E-state index >= 15 is 0 Å². The van der Waals surface area contributed by atoms with Gasteiger partial charge in [-0.3, -0.25) is 4.79 Å². The summed E-state index contributed by atoms with van der Waals surface area (Å²) in [6.45, 7) is 4.27. The molecule has 4 heteroatoms. The second-order valence-electron chi connectivity index (χ2n) is 3.72. The van der Waals surface area contributed by atoms with Crippen LogP contribution in [-0.4, -0.2) is 36.7 Å². The molecule has 1 rings (SSSR count). The lowest BCUT2D eigenvalue weighted by Gasteiger charge is -2.19. The van der Waals surface area contributed by atoms with Crippen molar-refractivity contribution in [2.75, 3.05) is 25.4 Å². The monoisotopic (exact) mass is 230 g/mol. The van der Waals surface area contributed by atoms with Crippen LogP contribution in [0.1, 0.15) is 32.6 Å². The predicted octanol–water partition coefficient (Wildman–Crippen LogP) is 1.83. The highest BCUT2D eigenvalue weighted by atomic mass is 32.2.